The third-order valence-corrected chi connectivity index (χ3v) is 2.52. The van der Waals surface area contributed by atoms with E-state index in [0.717, 1.165) is 0 Å². The Morgan fingerprint density at radius 3 is 2.88 bits per heavy atom. The molecule has 0 atom stereocenters. The second-order valence-electron chi connectivity index (χ2n) is 3.80. The average Bonchev–Trinajstić information content (AvgIpc) is 2.64. The highest BCUT2D eigenvalue weighted by Crippen LogP contribution is 2.04. The van der Waals surface area contributed by atoms with Gasteiger partial charge in [-0.15, -0.1) is 5.10 Å². The van der Waals surface area contributed by atoms with Crippen LogP contribution < -0.4 is 5.56 Å². The molecule has 17 heavy (non-hydrogen) atoms. The van der Waals surface area contributed by atoms with Crippen molar-refractivity contribution in [1.82, 2.24) is 19.2 Å². The van der Waals surface area contributed by atoms with Gasteiger partial charge in [-0.2, -0.15) is 9.50 Å². The SMILES string of the molecule is Cc1nc2n(C)c(CCC(=O)O)cc(=O)n2n1. The summed E-state index contributed by atoms with van der Waals surface area (Å²) in [6.07, 6.45) is 0.278. The van der Waals surface area contributed by atoms with E-state index >= 15 is 0 Å². The van der Waals surface area contributed by atoms with Crippen LogP contribution in [-0.4, -0.2) is 30.2 Å². The van der Waals surface area contributed by atoms with Gasteiger partial charge < -0.3 is 9.67 Å². The molecule has 0 aliphatic rings. The smallest absolute Gasteiger partial charge is 0.303 e. The zero-order valence-corrected chi connectivity index (χ0v) is 9.54. The molecule has 0 aromatic carbocycles. The molecule has 0 radical (unpaired) electrons. The van der Waals surface area contributed by atoms with Crippen molar-refractivity contribution in [3.05, 3.63) is 27.9 Å². The number of aliphatic carboxylic acids is 1. The van der Waals surface area contributed by atoms with Gasteiger partial charge >= 0.3 is 5.97 Å². The second kappa shape index (κ2) is 4.00. The lowest BCUT2D eigenvalue weighted by Gasteiger charge is -2.07. The molecule has 0 bridgehead atoms. The molecule has 0 aliphatic carbocycles. The Labute approximate surface area is 96.3 Å². The van der Waals surface area contributed by atoms with Crippen LogP contribution in [0.3, 0.4) is 0 Å². The Bertz CT molecular complexity index is 641. The van der Waals surface area contributed by atoms with Gasteiger partial charge in [0.2, 0.25) is 5.78 Å². The summed E-state index contributed by atoms with van der Waals surface area (Å²) in [6, 6.07) is 1.39. The molecule has 7 nitrogen and oxygen atoms in total. The van der Waals surface area contributed by atoms with Gasteiger partial charge in [0.1, 0.15) is 5.82 Å². The van der Waals surface area contributed by atoms with Crippen LogP contribution in [0.4, 0.5) is 0 Å². The first kappa shape index (κ1) is 11.3. The zero-order chi connectivity index (χ0) is 12.6. The van der Waals surface area contributed by atoms with Crippen molar-refractivity contribution in [3.63, 3.8) is 0 Å². The van der Waals surface area contributed by atoms with Gasteiger partial charge in [0.25, 0.3) is 5.56 Å². The standard InChI is InChI=1S/C10H12N4O3/c1-6-11-10-13(2)7(3-4-9(16)17)5-8(15)14(10)12-6/h5H,3-4H2,1-2H3,(H,16,17). The Balaban J connectivity index is 2.54. The molecule has 2 aromatic heterocycles. The molecule has 0 amide bonds. The zero-order valence-electron chi connectivity index (χ0n) is 9.54. The summed E-state index contributed by atoms with van der Waals surface area (Å²) in [7, 11) is 1.74. The van der Waals surface area contributed by atoms with Gasteiger partial charge in [-0.25, -0.2) is 0 Å². The van der Waals surface area contributed by atoms with Crippen molar-refractivity contribution in [3.8, 4) is 0 Å². The molecule has 0 unspecified atom stereocenters. The molecule has 2 heterocycles. The Morgan fingerprint density at radius 2 is 2.24 bits per heavy atom. The van der Waals surface area contributed by atoms with Crippen LogP contribution in [-0.2, 0) is 18.3 Å². The predicted octanol–water partition coefficient (Wildman–Crippen LogP) is -0.246. The molecule has 2 rings (SSSR count). The minimum Gasteiger partial charge on any atom is -0.481 e. The number of rotatable bonds is 3. The third kappa shape index (κ3) is 2.03. The van der Waals surface area contributed by atoms with Crippen molar-refractivity contribution in [1.29, 1.82) is 0 Å². The minimum absolute atomic E-state index is 0.0173. The first-order valence-corrected chi connectivity index (χ1v) is 5.13. The summed E-state index contributed by atoms with van der Waals surface area (Å²) < 4.78 is 2.89. The maximum absolute atomic E-state index is 11.7. The summed E-state index contributed by atoms with van der Waals surface area (Å²) in [5.74, 6) is 0.0402. The number of fused-ring (bicyclic) bond motifs is 1. The maximum atomic E-state index is 11.7. The van der Waals surface area contributed by atoms with E-state index in [1.54, 1.807) is 18.5 Å². The van der Waals surface area contributed by atoms with Crippen molar-refractivity contribution in [2.45, 2.75) is 19.8 Å². The van der Waals surface area contributed by atoms with E-state index in [0.29, 0.717) is 23.7 Å². The summed E-state index contributed by atoms with van der Waals surface area (Å²) in [5, 5.41) is 12.6. The predicted molar refractivity (Wildman–Crippen MR) is 58.9 cm³/mol. The van der Waals surface area contributed by atoms with Crippen LogP contribution in [0, 0.1) is 6.92 Å². The number of aromatic nitrogens is 4. The van der Waals surface area contributed by atoms with E-state index in [2.05, 4.69) is 10.1 Å². The van der Waals surface area contributed by atoms with E-state index in [1.807, 2.05) is 0 Å². The first-order valence-electron chi connectivity index (χ1n) is 5.13. The highest BCUT2D eigenvalue weighted by atomic mass is 16.4. The first-order chi connectivity index (χ1) is 7.99. The highest BCUT2D eigenvalue weighted by Gasteiger charge is 2.10. The average molecular weight is 236 g/mol. The number of carboxylic acids is 1. The van der Waals surface area contributed by atoms with Crippen LogP contribution in [0.1, 0.15) is 17.9 Å². The van der Waals surface area contributed by atoms with Crippen molar-refractivity contribution in [2.75, 3.05) is 0 Å². The fourth-order valence-electron chi connectivity index (χ4n) is 1.67. The molecular weight excluding hydrogens is 224 g/mol. The fourth-order valence-corrected chi connectivity index (χ4v) is 1.67. The molecule has 0 saturated carbocycles. The largest absolute Gasteiger partial charge is 0.481 e. The number of hydrogen-bond donors (Lipinski definition) is 1. The molecule has 0 saturated heterocycles. The van der Waals surface area contributed by atoms with Gasteiger partial charge in [-0.3, -0.25) is 9.59 Å². The summed E-state index contributed by atoms with van der Waals surface area (Å²) in [5.41, 5.74) is 0.344. The molecule has 0 spiro atoms. The van der Waals surface area contributed by atoms with E-state index < -0.39 is 5.97 Å². The lowest BCUT2D eigenvalue weighted by Crippen LogP contribution is -2.20. The monoisotopic (exact) mass is 236 g/mol. The van der Waals surface area contributed by atoms with Gasteiger partial charge in [0, 0.05) is 18.8 Å². The number of aryl methyl sites for hydroxylation is 3. The highest BCUT2D eigenvalue weighted by molar-refractivity contribution is 5.67. The molecule has 1 N–H and O–H groups in total. The van der Waals surface area contributed by atoms with E-state index in [9.17, 15) is 9.59 Å². The van der Waals surface area contributed by atoms with Gasteiger partial charge in [-0.1, -0.05) is 0 Å². The molecule has 90 valence electrons. The van der Waals surface area contributed by atoms with Crippen LogP contribution in [0.15, 0.2) is 10.9 Å². The topological polar surface area (TPSA) is 89.5 Å². The number of carbonyl (C=O) groups is 1. The van der Waals surface area contributed by atoms with Crippen LogP contribution in [0.25, 0.3) is 5.78 Å². The summed E-state index contributed by atoms with van der Waals surface area (Å²) in [4.78, 5) is 26.4. The van der Waals surface area contributed by atoms with Crippen molar-refractivity contribution < 1.29 is 9.90 Å². The van der Waals surface area contributed by atoms with Crippen LogP contribution >= 0.6 is 0 Å². The Hall–Kier alpha value is -2.18. The number of hydrogen-bond acceptors (Lipinski definition) is 4. The van der Waals surface area contributed by atoms with Crippen LogP contribution in [0.2, 0.25) is 0 Å². The second-order valence-corrected chi connectivity index (χ2v) is 3.80. The minimum atomic E-state index is -0.894. The van der Waals surface area contributed by atoms with Crippen molar-refractivity contribution >= 4 is 11.7 Å². The van der Waals surface area contributed by atoms with Gasteiger partial charge in [0.15, 0.2) is 0 Å². The van der Waals surface area contributed by atoms with Crippen molar-refractivity contribution in [2.24, 2.45) is 7.05 Å². The Morgan fingerprint density at radius 1 is 1.53 bits per heavy atom. The quantitative estimate of drug-likeness (QED) is 0.794. The van der Waals surface area contributed by atoms with Gasteiger partial charge in [-0.05, 0) is 13.3 Å². The summed E-state index contributed by atoms with van der Waals surface area (Å²) >= 11 is 0. The molecule has 0 aliphatic heterocycles. The number of nitrogens with zero attached hydrogens (tertiary/aromatic N) is 4. The molecular formula is C10H12N4O3. The lowest BCUT2D eigenvalue weighted by atomic mass is 10.2. The Kier molecular flexibility index (Phi) is 2.66. The molecule has 2 aromatic rings. The number of carboxylic acid groups (broad SMARTS) is 1. The fraction of sp³-hybridized carbons (Fsp3) is 0.400. The van der Waals surface area contributed by atoms with E-state index in [1.165, 1.54) is 10.6 Å². The third-order valence-electron chi connectivity index (χ3n) is 2.52. The molecule has 0 fully saturated rings. The lowest BCUT2D eigenvalue weighted by molar-refractivity contribution is -0.136. The maximum Gasteiger partial charge on any atom is 0.303 e. The van der Waals surface area contributed by atoms with Gasteiger partial charge in [0.05, 0.1) is 6.42 Å². The summed E-state index contributed by atoms with van der Waals surface area (Å²) in [6.45, 7) is 1.70. The van der Waals surface area contributed by atoms with E-state index in [-0.39, 0.29) is 12.0 Å². The van der Waals surface area contributed by atoms with Crippen LogP contribution in [0.5, 0.6) is 0 Å². The van der Waals surface area contributed by atoms with E-state index in [4.69, 9.17) is 5.11 Å². The molecule has 7 heteroatoms. The normalized spacial score (nSPS) is 10.9.